The van der Waals surface area contributed by atoms with E-state index in [-0.39, 0.29) is 12.0 Å². The number of hydrogen-bond donors (Lipinski definition) is 8. The summed E-state index contributed by atoms with van der Waals surface area (Å²) in [5.74, 6) is 0.995. The molecule has 10 N–H and O–H groups in total. The number of nitrogens with one attached hydrogen (secondary N) is 6. The van der Waals surface area contributed by atoms with Gasteiger partial charge in [0, 0.05) is 11.4 Å². The molecule has 2 aromatic carbocycles. The van der Waals surface area contributed by atoms with Gasteiger partial charge in [0.2, 0.25) is 0 Å². The monoisotopic (exact) mass is 354 g/mol. The molecule has 0 bridgehead atoms. The average Bonchev–Trinajstić information content (AvgIpc) is 3.11. The van der Waals surface area contributed by atoms with Crippen LogP contribution in [0, 0.1) is 0 Å². The molecule has 0 unspecified atom stereocenters. The summed E-state index contributed by atoms with van der Waals surface area (Å²) in [7, 11) is 0. The first-order valence-corrected chi connectivity index (χ1v) is 8.13. The lowest BCUT2D eigenvalue weighted by Gasteiger charge is -2.08. The van der Waals surface area contributed by atoms with Crippen LogP contribution >= 0.6 is 0 Å². The maximum Gasteiger partial charge on any atom is 0.348 e. The van der Waals surface area contributed by atoms with E-state index < -0.39 is 0 Å². The minimum Gasteiger partial charge on any atom is -0.308 e. The zero-order chi connectivity index (χ0) is 18.4. The Bertz CT molecular complexity index is 823. The molecule has 0 atom stereocenters. The van der Waals surface area contributed by atoms with Crippen molar-refractivity contribution in [2.75, 3.05) is 29.0 Å². The molecular formula is C17H22N8O+2. The van der Waals surface area contributed by atoms with Gasteiger partial charge in [0.1, 0.15) is 0 Å². The Kier molecular flexibility index (Phi) is 5.18. The summed E-state index contributed by atoms with van der Waals surface area (Å²) in [5, 5.41) is 11.9. The minimum absolute atomic E-state index is 0.110. The molecule has 1 heterocycles. The van der Waals surface area contributed by atoms with Gasteiger partial charge in [-0.3, -0.25) is 21.8 Å². The van der Waals surface area contributed by atoms with Crippen molar-refractivity contribution in [1.29, 1.82) is 0 Å². The Morgan fingerprint density at radius 1 is 0.962 bits per heavy atom. The average molecular weight is 354 g/mol. The molecule has 0 spiro atoms. The van der Waals surface area contributed by atoms with Gasteiger partial charge in [0.15, 0.2) is 0 Å². The van der Waals surface area contributed by atoms with Gasteiger partial charge >= 0.3 is 18.0 Å². The summed E-state index contributed by atoms with van der Waals surface area (Å²) < 4.78 is 0. The fourth-order valence-electron chi connectivity index (χ4n) is 2.40. The van der Waals surface area contributed by atoms with Crippen molar-refractivity contribution in [3.63, 3.8) is 0 Å². The van der Waals surface area contributed by atoms with E-state index in [1.54, 1.807) is 24.3 Å². The van der Waals surface area contributed by atoms with Crippen LogP contribution in [0.2, 0.25) is 0 Å². The van der Waals surface area contributed by atoms with Crippen molar-refractivity contribution in [1.82, 2.24) is 5.32 Å². The fourth-order valence-corrected chi connectivity index (χ4v) is 2.40. The van der Waals surface area contributed by atoms with E-state index in [2.05, 4.69) is 31.3 Å². The van der Waals surface area contributed by atoms with E-state index in [1.807, 2.05) is 24.3 Å². The number of rotatable bonds is 4. The number of guanidine groups is 2. The number of benzene rings is 2. The summed E-state index contributed by atoms with van der Waals surface area (Å²) in [4.78, 5) is 18.1. The summed E-state index contributed by atoms with van der Waals surface area (Å²) in [6, 6.07) is 14.1. The van der Waals surface area contributed by atoms with Gasteiger partial charge in [0.25, 0.3) is 0 Å². The van der Waals surface area contributed by atoms with Crippen LogP contribution in [-0.2, 0) is 0 Å². The van der Waals surface area contributed by atoms with Gasteiger partial charge in [-0.1, -0.05) is 0 Å². The summed E-state index contributed by atoms with van der Waals surface area (Å²) >= 11 is 0. The van der Waals surface area contributed by atoms with E-state index in [0.29, 0.717) is 11.4 Å². The highest BCUT2D eigenvalue weighted by Gasteiger charge is 2.11. The first-order valence-electron chi connectivity index (χ1n) is 8.13. The Balaban J connectivity index is 1.53. The molecule has 26 heavy (non-hydrogen) atoms. The van der Waals surface area contributed by atoms with Crippen molar-refractivity contribution in [3.05, 3.63) is 48.5 Å². The predicted octanol–water partition coefficient (Wildman–Crippen LogP) is -2.23. The Labute approximate surface area is 150 Å². The van der Waals surface area contributed by atoms with Gasteiger partial charge in [0.05, 0.1) is 24.5 Å². The normalized spacial score (nSPS) is 12.5. The molecule has 0 saturated carbocycles. The van der Waals surface area contributed by atoms with Crippen LogP contribution in [0.5, 0.6) is 0 Å². The molecule has 0 fully saturated rings. The molecule has 2 aromatic rings. The maximum absolute atomic E-state index is 12.1. The lowest BCUT2D eigenvalue weighted by Crippen LogP contribution is -2.72. The third-order valence-electron chi connectivity index (χ3n) is 3.57. The van der Waals surface area contributed by atoms with Crippen LogP contribution in [0.15, 0.2) is 48.5 Å². The van der Waals surface area contributed by atoms with Crippen LogP contribution in [0.3, 0.4) is 0 Å². The van der Waals surface area contributed by atoms with Gasteiger partial charge in [-0.25, -0.2) is 15.1 Å². The van der Waals surface area contributed by atoms with E-state index in [4.69, 9.17) is 11.5 Å². The fraction of sp³-hybridized carbons (Fsp3) is 0.118. The molecule has 3 rings (SSSR count). The lowest BCUT2D eigenvalue weighted by atomic mass is 10.2. The molecule has 0 saturated heterocycles. The van der Waals surface area contributed by atoms with Gasteiger partial charge in [-0.2, -0.15) is 0 Å². The number of carbonyl (C=O) groups excluding carboxylic acids is 1. The summed E-state index contributed by atoms with van der Waals surface area (Å²) in [5.41, 5.74) is 13.8. The van der Waals surface area contributed by atoms with E-state index in [9.17, 15) is 4.79 Å². The van der Waals surface area contributed by atoms with Gasteiger partial charge < -0.3 is 10.6 Å². The van der Waals surface area contributed by atoms with Gasteiger partial charge in [-0.05, 0) is 48.5 Å². The molecule has 1 aliphatic heterocycles. The minimum atomic E-state index is -0.329. The Hall–Kier alpha value is -3.75. The van der Waals surface area contributed by atoms with Crippen molar-refractivity contribution in [3.8, 4) is 0 Å². The van der Waals surface area contributed by atoms with Gasteiger partial charge in [-0.15, -0.1) is 0 Å². The number of anilines is 3. The SMILES string of the molecule is NC(N)=[NH+]c1ccc(NC(=O)Nc2ccc(NC3=[NH+]CCN3)cc2)cc1. The molecular weight excluding hydrogens is 332 g/mol. The van der Waals surface area contributed by atoms with Crippen molar-refractivity contribution < 1.29 is 14.8 Å². The van der Waals surface area contributed by atoms with E-state index >= 15 is 0 Å². The smallest absolute Gasteiger partial charge is 0.308 e. The zero-order valence-electron chi connectivity index (χ0n) is 14.1. The highest BCUT2D eigenvalue weighted by atomic mass is 16.2. The number of carbonyl (C=O) groups is 1. The number of hydrogen-bond acceptors (Lipinski definition) is 3. The molecule has 9 heteroatoms. The first kappa shape index (κ1) is 17.1. The molecule has 1 aliphatic rings. The van der Waals surface area contributed by atoms with Crippen LogP contribution in [-0.4, -0.2) is 31.0 Å². The molecule has 0 radical (unpaired) electrons. The first-order chi connectivity index (χ1) is 12.6. The third kappa shape index (κ3) is 4.87. The van der Waals surface area contributed by atoms with Crippen LogP contribution in [0.1, 0.15) is 0 Å². The molecule has 0 aromatic heterocycles. The Morgan fingerprint density at radius 3 is 2.08 bits per heavy atom. The molecule has 134 valence electrons. The van der Waals surface area contributed by atoms with Crippen LogP contribution in [0.4, 0.5) is 27.5 Å². The zero-order valence-corrected chi connectivity index (χ0v) is 14.1. The number of nitrogens with two attached hydrogens (primary N) is 2. The van der Waals surface area contributed by atoms with Crippen LogP contribution < -0.4 is 42.7 Å². The number of amides is 2. The second kappa shape index (κ2) is 7.88. The Morgan fingerprint density at radius 2 is 1.54 bits per heavy atom. The summed E-state index contributed by atoms with van der Waals surface area (Å²) in [6.45, 7) is 1.80. The second-order valence-corrected chi connectivity index (χ2v) is 5.67. The van der Waals surface area contributed by atoms with E-state index in [1.165, 1.54) is 0 Å². The maximum atomic E-state index is 12.1. The largest absolute Gasteiger partial charge is 0.348 e. The highest BCUT2D eigenvalue weighted by molar-refractivity contribution is 6.00. The van der Waals surface area contributed by atoms with Crippen molar-refractivity contribution in [2.24, 2.45) is 11.5 Å². The van der Waals surface area contributed by atoms with Crippen molar-refractivity contribution >= 4 is 40.7 Å². The highest BCUT2D eigenvalue weighted by Crippen LogP contribution is 2.14. The third-order valence-corrected chi connectivity index (χ3v) is 3.57. The standard InChI is InChI=1S/C17H20N8O/c18-15(19)22-11-1-5-13(6-2-11)24-17(26)25-14-7-3-12(4-8-14)23-16-20-9-10-21-16/h1-8H,9-10H2,(H4,18,19,22)(H2,20,21,23)(H2,24,25,26)/p+2. The topological polar surface area (TPSA) is 145 Å². The molecule has 2 amide bonds. The molecule has 0 aliphatic carbocycles. The quantitative estimate of drug-likeness (QED) is 0.231. The molecule has 9 nitrogen and oxygen atoms in total. The second-order valence-electron chi connectivity index (χ2n) is 5.67. The van der Waals surface area contributed by atoms with Crippen molar-refractivity contribution in [2.45, 2.75) is 0 Å². The lowest BCUT2D eigenvalue weighted by molar-refractivity contribution is -0.444. The van der Waals surface area contributed by atoms with E-state index in [0.717, 1.165) is 30.4 Å². The van der Waals surface area contributed by atoms with Crippen LogP contribution in [0.25, 0.3) is 0 Å². The summed E-state index contributed by atoms with van der Waals surface area (Å²) in [6.07, 6.45) is 0. The number of urea groups is 1. The predicted molar refractivity (Wildman–Crippen MR) is 102 cm³/mol.